The summed E-state index contributed by atoms with van der Waals surface area (Å²) in [5, 5.41) is 0. The van der Waals surface area contributed by atoms with Gasteiger partial charge in [0.1, 0.15) is 0 Å². The molecule has 0 N–H and O–H groups in total. The van der Waals surface area contributed by atoms with E-state index in [1.807, 2.05) is 0 Å². The van der Waals surface area contributed by atoms with Gasteiger partial charge in [-0.1, -0.05) is 28.1 Å². The largest absolute Gasteiger partial charge is 0.204 e. The van der Waals surface area contributed by atoms with Crippen LogP contribution in [0.4, 0.5) is 8.78 Å². The summed E-state index contributed by atoms with van der Waals surface area (Å²) >= 11 is 3.56. The maximum atomic E-state index is 13.4. The minimum Gasteiger partial charge on any atom is -0.204 e. The normalized spacial score (nSPS) is 25.8. The van der Waals surface area contributed by atoms with Gasteiger partial charge in [0.2, 0.25) is 0 Å². The van der Waals surface area contributed by atoms with E-state index in [4.69, 9.17) is 0 Å². The molecule has 0 aromatic heterocycles. The lowest BCUT2D eigenvalue weighted by molar-refractivity contribution is 0.477. The molecule has 0 saturated heterocycles. The Balaban J connectivity index is 2.07. The van der Waals surface area contributed by atoms with Crippen molar-refractivity contribution in [3.8, 4) is 0 Å². The van der Waals surface area contributed by atoms with Crippen LogP contribution in [0, 0.1) is 17.6 Å². The SMILES string of the molecule is Fc1cccc(CC2CCC(Br)C2)c1F. The Bertz CT molecular complexity index is 351. The topological polar surface area (TPSA) is 0 Å². The van der Waals surface area contributed by atoms with Gasteiger partial charge in [0.05, 0.1) is 0 Å². The van der Waals surface area contributed by atoms with E-state index in [9.17, 15) is 8.78 Å². The Morgan fingerprint density at radius 2 is 2.07 bits per heavy atom. The van der Waals surface area contributed by atoms with Crippen LogP contribution in [0.1, 0.15) is 24.8 Å². The number of alkyl halides is 1. The Morgan fingerprint density at radius 3 is 2.73 bits per heavy atom. The van der Waals surface area contributed by atoms with Gasteiger partial charge in [0.25, 0.3) is 0 Å². The number of rotatable bonds is 2. The predicted octanol–water partition coefficient (Wildman–Crippen LogP) is 4.07. The average Bonchev–Trinajstić information content (AvgIpc) is 2.59. The molecule has 1 aromatic rings. The zero-order chi connectivity index (χ0) is 10.8. The summed E-state index contributed by atoms with van der Waals surface area (Å²) in [6.07, 6.45) is 3.97. The van der Waals surface area contributed by atoms with Crippen molar-refractivity contribution in [3.63, 3.8) is 0 Å². The number of hydrogen-bond acceptors (Lipinski definition) is 0. The zero-order valence-electron chi connectivity index (χ0n) is 8.35. The fourth-order valence-electron chi connectivity index (χ4n) is 2.22. The molecular weight excluding hydrogens is 262 g/mol. The van der Waals surface area contributed by atoms with Crippen molar-refractivity contribution in [3.05, 3.63) is 35.4 Å². The van der Waals surface area contributed by atoms with Crippen LogP contribution in [-0.4, -0.2) is 4.83 Å². The fraction of sp³-hybridized carbons (Fsp3) is 0.500. The summed E-state index contributed by atoms with van der Waals surface area (Å²) in [4.78, 5) is 0.555. The minimum absolute atomic E-state index is 0.491. The molecule has 0 nitrogen and oxygen atoms in total. The van der Waals surface area contributed by atoms with Crippen molar-refractivity contribution < 1.29 is 8.78 Å². The van der Waals surface area contributed by atoms with Gasteiger partial charge in [-0.05, 0) is 43.2 Å². The van der Waals surface area contributed by atoms with E-state index >= 15 is 0 Å². The lowest BCUT2D eigenvalue weighted by Gasteiger charge is -2.10. The van der Waals surface area contributed by atoms with Gasteiger partial charge in [-0.2, -0.15) is 0 Å². The zero-order valence-corrected chi connectivity index (χ0v) is 9.94. The van der Waals surface area contributed by atoms with Crippen molar-refractivity contribution in [1.82, 2.24) is 0 Å². The lowest BCUT2D eigenvalue weighted by atomic mass is 9.98. The minimum atomic E-state index is -0.735. The van der Waals surface area contributed by atoms with Crippen molar-refractivity contribution >= 4 is 15.9 Å². The maximum absolute atomic E-state index is 13.4. The highest BCUT2D eigenvalue weighted by Gasteiger charge is 2.23. The molecule has 0 spiro atoms. The van der Waals surface area contributed by atoms with Crippen LogP contribution in [0.3, 0.4) is 0 Å². The monoisotopic (exact) mass is 274 g/mol. The average molecular weight is 275 g/mol. The second-order valence-electron chi connectivity index (χ2n) is 4.19. The lowest BCUT2D eigenvalue weighted by Crippen LogP contribution is -2.03. The predicted molar refractivity (Wildman–Crippen MR) is 60.1 cm³/mol. The van der Waals surface area contributed by atoms with Crippen molar-refractivity contribution in [2.75, 3.05) is 0 Å². The third kappa shape index (κ3) is 2.57. The van der Waals surface area contributed by atoms with Gasteiger partial charge in [-0.25, -0.2) is 8.78 Å². The third-order valence-electron chi connectivity index (χ3n) is 3.02. The molecule has 2 rings (SSSR count). The molecule has 1 aliphatic carbocycles. The van der Waals surface area contributed by atoms with Gasteiger partial charge >= 0.3 is 0 Å². The van der Waals surface area contributed by atoms with E-state index in [2.05, 4.69) is 15.9 Å². The summed E-state index contributed by atoms with van der Waals surface area (Å²) < 4.78 is 26.3. The molecule has 0 bridgehead atoms. The third-order valence-corrected chi connectivity index (χ3v) is 3.85. The van der Waals surface area contributed by atoms with Gasteiger partial charge < -0.3 is 0 Å². The standard InChI is InChI=1S/C12H13BrF2/c13-10-5-4-8(7-10)6-9-2-1-3-11(14)12(9)15/h1-3,8,10H,4-7H2. The van der Waals surface area contributed by atoms with Crippen LogP contribution in [0.5, 0.6) is 0 Å². The van der Waals surface area contributed by atoms with Gasteiger partial charge in [-0.15, -0.1) is 0 Å². The van der Waals surface area contributed by atoms with Gasteiger partial charge in [-0.3, -0.25) is 0 Å². The molecule has 0 heterocycles. The number of halogens is 3. The first-order valence-electron chi connectivity index (χ1n) is 5.23. The van der Waals surface area contributed by atoms with E-state index in [1.165, 1.54) is 6.07 Å². The van der Waals surface area contributed by atoms with Crippen LogP contribution >= 0.6 is 15.9 Å². The van der Waals surface area contributed by atoms with E-state index < -0.39 is 11.6 Å². The second-order valence-corrected chi connectivity index (χ2v) is 5.49. The Kier molecular flexibility index (Phi) is 3.39. The van der Waals surface area contributed by atoms with Crippen LogP contribution in [-0.2, 0) is 6.42 Å². The summed E-state index contributed by atoms with van der Waals surface area (Å²) in [5.74, 6) is -0.915. The highest BCUT2D eigenvalue weighted by molar-refractivity contribution is 9.09. The van der Waals surface area contributed by atoms with Crippen molar-refractivity contribution in [2.24, 2.45) is 5.92 Å². The van der Waals surface area contributed by atoms with E-state index in [1.54, 1.807) is 12.1 Å². The van der Waals surface area contributed by atoms with Gasteiger partial charge in [0, 0.05) is 4.83 Å². The molecule has 1 fully saturated rings. The number of benzene rings is 1. The molecule has 15 heavy (non-hydrogen) atoms. The first-order chi connectivity index (χ1) is 7.16. The molecule has 1 aromatic carbocycles. The first-order valence-corrected chi connectivity index (χ1v) is 6.15. The molecule has 0 aliphatic heterocycles. The number of hydrogen-bond donors (Lipinski definition) is 0. The Labute approximate surface area is 96.8 Å². The molecule has 3 heteroatoms. The molecule has 82 valence electrons. The van der Waals surface area contributed by atoms with Crippen LogP contribution in [0.15, 0.2) is 18.2 Å². The van der Waals surface area contributed by atoms with Gasteiger partial charge in [0.15, 0.2) is 11.6 Å². The van der Waals surface area contributed by atoms with Crippen LogP contribution in [0.25, 0.3) is 0 Å². The molecule has 2 unspecified atom stereocenters. The quantitative estimate of drug-likeness (QED) is 0.714. The second kappa shape index (κ2) is 4.60. The van der Waals surface area contributed by atoms with E-state index in [0.29, 0.717) is 22.7 Å². The summed E-state index contributed by atoms with van der Waals surface area (Å²) in [6, 6.07) is 4.43. The fourth-order valence-corrected chi connectivity index (χ4v) is 3.01. The smallest absolute Gasteiger partial charge is 0.162 e. The maximum Gasteiger partial charge on any atom is 0.162 e. The highest BCUT2D eigenvalue weighted by Crippen LogP contribution is 2.33. The Morgan fingerprint density at radius 1 is 1.27 bits per heavy atom. The summed E-state index contributed by atoms with van der Waals surface area (Å²) in [6.45, 7) is 0. The summed E-state index contributed by atoms with van der Waals surface area (Å²) in [7, 11) is 0. The van der Waals surface area contributed by atoms with E-state index in [-0.39, 0.29) is 0 Å². The molecule has 1 aliphatic rings. The first kappa shape index (κ1) is 11.1. The molecule has 0 amide bonds. The van der Waals surface area contributed by atoms with Crippen molar-refractivity contribution in [1.29, 1.82) is 0 Å². The summed E-state index contributed by atoms with van der Waals surface area (Å²) in [5.41, 5.74) is 0.515. The van der Waals surface area contributed by atoms with Crippen LogP contribution < -0.4 is 0 Å². The Hall–Kier alpha value is -0.440. The van der Waals surface area contributed by atoms with Crippen LogP contribution in [0.2, 0.25) is 0 Å². The highest BCUT2D eigenvalue weighted by atomic mass is 79.9. The molecule has 0 radical (unpaired) electrons. The molecule has 2 atom stereocenters. The van der Waals surface area contributed by atoms with E-state index in [0.717, 1.165) is 19.3 Å². The van der Waals surface area contributed by atoms with Crippen molar-refractivity contribution in [2.45, 2.75) is 30.5 Å². The molecular formula is C12H13BrF2. The molecule has 1 saturated carbocycles.